The zero-order chi connectivity index (χ0) is 60.8. The SMILES string of the molecule is O=[N+]([O-])[O-].O=[N+]([O-])[O-].O=[N+]([O-])[O-].O=[N+]([O-])[O-].O=[N+]([O-])[O-].O=[N+]([O-])[O-].O=[N+]([O-])[O-].O=[N+]([O-])[O-].O=[N+]([O-])[O-].O=[N+]([O-])[O-].O=[N+]([O-])[O-].O=[N+]([O-])[O-].O=[N+]([O-])[O-].O=[N+]([O-])[O-].O=[N+]([O-])[O-].O=[N+]([O-])[O-].O=[N+]([O-])[O-].[Bi+3].[Bi+3].[Bi+3].[Bi+3]. The van der Waals surface area contributed by atoms with E-state index in [0.29, 0.717) is 0 Å². The summed E-state index contributed by atoms with van der Waals surface area (Å²) in [5, 5.41) is 251. The van der Waals surface area contributed by atoms with Crippen LogP contribution in [0.25, 0.3) is 0 Å². The zero-order valence-corrected chi connectivity index (χ0v) is 44.1. The predicted molar refractivity (Wildman–Crippen MR) is 199 cm³/mol. The van der Waals surface area contributed by atoms with Crippen LogP contribution in [0.3, 0.4) is 0 Å². The number of hydrogen-bond donors (Lipinski definition) is 0. The molecule has 0 bridgehead atoms. The van der Waals surface area contributed by atoms with Gasteiger partial charge in [0.15, 0.2) is 0 Å². The predicted octanol–water partition coefficient (Wildman–Crippen LogP) is -5.59. The minimum atomic E-state index is -1.75. The van der Waals surface area contributed by atoms with E-state index in [1.807, 2.05) is 0 Å². The largest absolute Gasteiger partial charge is 3.00 e. The second-order valence-electron chi connectivity index (χ2n) is 3.80. The van der Waals surface area contributed by atoms with Gasteiger partial charge in [-0.05, 0) is 0 Å². The Morgan fingerprint density at radius 1 is 0.0972 bits per heavy atom. The van der Waals surface area contributed by atoms with Gasteiger partial charge in [-0.25, -0.2) is 0 Å². The van der Waals surface area contributed by atoms with Crippen molar-refractivity contribution in [1.82, 2.24) is 0 Å². The first-order chi connectivity index (χ1) is 29.4. The minimum Gasteiger partial charge on any atom is -0.356 e. The van der Waals surface area contributed by atoms with Crippen molar-refractivity contribution >= 4 is 105 Å². The average molecular weight is 1890 g/mol. The van der Waals surface area contributed by atoms with E-state index >= 15 is 0 Å². The molecule has 0 aromatic heterocycles. The van der Waals surface area contributed by atoms with Gasteiger partial charge in [-0.3, -0.25) is 0 Å². The Balaban J connectivity index is -0.0000000201. The van der Waals surface area contributed by atoms with Crippen LogP contribution in [0.1, 0.15) is 0 Å². The Bertz CT molecular complexity index is 886. The van der Waals surface area contributed by atoms with E-state index in [1.165, 1.54) is 0 Å². The van der Waals surface area contributed by atoms with Crippen LogP contribution in [0.5, 0.6) is 0 Å². The van der Waals surface area contributed by atoms with Crippen LogP contribution in [0.15, 0.2) is 0 Å². The molecular formula is Bi4N17O51-5. The average Bonchev–Trinajstić information content (AvgIpc) is 2.87. The van der Waals surface area contributed by atoms with Crippen molar-refractivity contribution in [3.8, 4) is 0 Å². The van der Waals surface area contributed by atoms with Gasteiger partial charge >= 0.3 is 105 Å². The van der Waals surface area contributed by atoms with Crippen LogP contribution < -0.4 is 0 Å². The van der Waals surface area contributed by atoms with Crippen molar-refractivity contribution in [2.24, 2.45) is 0 Å². The molecule has 416 valence electrons. The number of hydrogen-bond acceptors (Lipinski definition) is 51. The first-order valence-corrected chi connectivity index (χ1v) is 9.31. The monoisotopic (exact) mass is 1890 g/mol. The van der Waals surface area contributed by atoms with E-state index in [4.69, 9.17) is 260 Å². The van der Waals surface area contributed by atoms with E-state index in [9.17, 15) is 0 Å². The van der Waals surface area contributed by atoms with Gasteiger partial charge in [0.25, 0.3) is 0 Å². The molecule has 0 fully saturated rings. The summed E-state index contributed by atoms with van der Waals surface area (Å²) in [7, 11) is 0. The molecule has 0 rings (SSSR count). The Kier molecular flexibility index (Phi) is 249. The van der Waals surface area contributed by atoms with Crippen LogP contribution >= 0.6 is 0 Å². The third kappa shape index (κ3) is 2050. The fourth-order valence-corrected chi connectivity index (χ4v) is 0. The molecule has 68 nitrogen and oxygen atoms in total. The zero-order valence-electron chi connectivity index (χ0n) is 30.2. The first kappa shape index (κ1) is 137. The van der Waals surface area contributed by atoms with E-state index in [2.05, 4.69) is 0 Å². The van der Waals surface area contributed by atoms with Gasteiger partial charge < -0.3 is 260 Å². The number of nitrogens with zero attached hydrogens (tertiary/aromatic N) is 17. The fraction of sp³-hybridized carbons (Fsp3) is 0. The van der Waals surface area contributed by atoms with Gasteiger partial charge in [-0.15, -0.1) is 0 Å². The molecule has 0 aromatic rings. The standard InChI is InChI=1S/4Bi.17NO3/c;;;;17*2-1(3)4/q4*+3;17*-1. The van der Waals surface area contributed by atoms with E-state index in [-0.39, 0.29) is 105 Å². The summed E-state index contributed by atoms with van der Waals surface area (Å²) < 4.78 is 0. The summed E-state index contributed by atoms with van der Waals surface area (Å²) in [5.74, 6) is 0. The third-order valence-corrected chi connectivity index (χ3v) is 0. The van der Waals surface area contributed by atoms with Crippen molar-refractivity contribution < 1.29 is 86.5 Å². The molecule has 0 heterocycles. The molecule has 0 spiro atoms. The molecule has 72 heavy (non-hydrogen) atoms. The fourth-order valence-electron chi connectivity index (χ4n) is 0. The Labute approximate surface area is 449 Å². The van der Waals surface area contributed by atoms with Crippen LogP contribution in [-0.4, -0.2) is 191 Å². The van der Waals surface area contributed by atoms with Crippen LogP contribution in [0.2, 0.25) is 0 Å². The van der Waals surface area contributed by atoms with E-state index in [0.717, 1.165) is 0 Å². The topological polar surface area (TPSA) is 1130 Å². The maximum absolute atomic E-state index is 8.25. The van der Waals surface area contributed by atoms with Gasteiger partial charge in [0.2, 0.25) is 0 Å². The molecule has 0 saturated heterocycles. The van der Waals surface area contributed by atoms with Crippen molar-refractivity contribution in [3.63, 3.8) is 0 Å². The molecule has 0 aliphatic heterocycles. The van der Waals surface area contributed by atoms with Crippen LogP contribution in [0.4, 0.5) is 0 Å². The molecule has 0 aliphatic rings. The molecule has 0 amide bonds. The third-order valence-electron chi connectivity index (χ3n) is 0. The summed E-state index contributed by atoms with van der Waals surface area (Å²) in [4.78, 5) is 140. The maximum atomic E-state index is 8.25. The van der Waals surface area contributed by atoms with Gasteiger partial charge in [0.05, 0.1) is 86.5 Å². The van der Waals surface area contributed by atoms with Gasteiger partial charge in [-0.1, -0.05) is 0 Å². The Hall–Kier alpha value is -10.1. The molecule has 0 saturated carbocycles. The van der Waals surface area contributed by atoms with E-state index < -0.39 is 86.5 Å². The molecule has 8 radical (unpaired) electrons. The van der Waals surface area contributed by atoms with Crippen molar-refractivity contribution in [2.75, 3.05) is 0 Å². The molecule has 72 heteroatoms. The van der Waals surface area contributed by atoms with Crippen molar-refractivity contribution in [1.29, 1.82) is 0 Å². The summed E-state index contributed by atoms with van der Waals surface area (Å²) >= 11 is 0. The van der Waals surface area contributed by atoms with Gasteiger partial charge in [0.1, 0.15) is 0 Å². The Morgan fingerprint density at radius 2 is 0.0972 bits per heavy atom. The van der Waals surface area contributed by atoms with Crippen LogP contribution in [0, 0.1) is 260 Å². The van der Waals surface area contributed by atoms with Gasteiger partial charge in [0, 0.05) is 0 Å². The van der Waals surface area contributed by atoms with Crippen molar-refractivity contribution in [2.45, 2.75) is 0 Å². The van der Waals surface area contributed by atoms with Gasteiger partial charge in [-0.2, -0.15) is 0 Å². The molecule has 0 atom stereocenters. The molecule has 0 aliphatic carbocycles. The quantitative estimate of drug-likeness (QED) is 0.124. The van der Waals surface area contributed by atoms with E-state index in [1.54, 1.807) is 0 Å². The Morgan fingerprint density at radius 3 is 0.0972 bits per heavy atom. The molecule has 0 aromatic carbocycles. The summed E-state index contributed by atoms with van der Waals surface area (Å²) in [6, 6.07) is 0. The smallest absolute Gasteiger partial charge is 0.356 e. The first-order valence-electron chi connectivity index (χ1n) is 9.31. The molecular weight excluding hydrogens is 1890 g/mol. The summed E-state index contributed by atoms with van der Waals surface area (Å²) in [6.07, 6.45) is 0. The molecule has 0 N–H and O–H groups in total. The normalized spacial score (nSPS) is 5.67. The summed E-state index contributed by atoms with van der Waals surface area (Å²) in [6.45, 7) is 0. The summed E-state index contributed by atoms with van der Waals surface area (Å²) in [5.41, 5.74) is 0. The minimum absolute atomic E-state index is 0. The second kappa shape index (κ2) is 131. The van der Waals surface area contributed by atoms with Crippen molar-refractivity contribution in [3.05, 3.63) is 260 Å². The maximum Gasteiger partial charge on any atom is 3.00 e. The molecule has 0 unspecified atom stereocenters. The van der Waals surface area contributed by atoms with Crippen LogP contribution in [-0.2, 0) is 0 Å². The number of rotatable bonds is 0. The second-order valence-corrected chi connectivity index (χ2v) is 3.80.